The zero-order chi connectivity index (χ0) is 32.3. The molecule has 13 heteroatoms. The number of halogens is 1. The molecule has 0 aromatic heterocycles. The second kappa shape index (κ2) is 16.7. The van der Waals surface area contributed by atoms with Gasteiger partial charge in [0.1, 0.15) is 36.6 Å². The highest BCUT2D eigenvalue weighted by Gasteiger charge is 2.72. The molecule has 7 atom stereocenters. The fourth-order valence-electron chi connectivity index (χ4n) is 6.16. The summed E-state index contributed by atoms with van der Waals surface area (Å²) in [6.45, 7) is 11.4. The number of carbonyl (C=O) groups excluding carboxylic acids is 3. The molecule has 3 fully saturated rings. The van der Waals surface area contributed by atoms with Gasteiger partial charge < -0.3 is 39.6 Å². The zero-order valence-corrected chi connectivity index (χ0v) is 27.2. The standard InChI is InChI=1S/C31H53FN4O8/c1-20(2)11-12-24-30(5,44-24)27-26(40-6)23(13-14-31(27)19-42-31)43-29(39)36-22(21(3)4)18-41-28(38)34-16-10-8-7-9-15-33-25(37)17-35-32/h11,21-24,26-27,35H,7-10,12-19H2,1-6H3,(H,33,37)(H,34,38)(H,36,39)/t22-,23?,24?,26?,27?,30+,31?/m0/s1. The Bertz CT molecular complexity index is 990. The Morgan fingerprint density at radius 2 is 1.75 bits per heavy atom. The third-order valence-corrected chi connectivity index (χ3v) is 8.92. The van der Waals surface area contributed by atoms with Crippen molar-refractivity contribution >= 4 is 18.1 Å². The van der Waals surface area contributed by atoms with E-state index in [2.05, 4.69) is 42.8 Å². The summed E-state index contributed by atoms with van der Waals surface area (Å²) in [6, 6.07) is -0.438. The van der Waals surface area contributed by atoms with Gasteiger partial charge in [-0.1, -0.05) is 38.3 Å². The second-order valence-corrected chi connectivity index (χ2v) is 12.9. The van der Waals surface area contributed by atoms with Crippen molar-refractivity contribution in [1.82, 2.24) is 21.5 Å². The first-order valence-electron chi connectivity index (χ1n) is 15.9. The van der Waals surface area contributed by atoms with Gasteiger partial charge in [0.05, 0.1) is 24.7 Å². The van der Waals surface area contributed by atoms with Gasteiger partial charge in [0, 0.05) is 20.2 Å². The Morgan fingerprint density at radius 1 is 1.07 bits per heavy atom. The normalized spacial score (nSPS) is 29.5. The molecule has 1 aliphatic carbocycles. The van der Waals surface area contributed by atoms with Crippen molar-refractivity contribution in [3.05, 3.63) is 11.6 Å². The van der Waals surface area contributed by atoms with Crippen molar-refractivity contribution < 1.29 is 42.5 Å². The molecular weight excluding hydrogens is 575 g/mol. The molecule has 1 spiro atoms. The Labute approximate surface area is 260 Å². The molecule has 0 radical (unpaired) electrons. The molecule has 2 saturated heterocycles. The average molecular weight is 629 g/mol. The van der Waals surface area contributed by atoms with E-state index in [-0.39, 0.29) is 48.7 Å². The van der Waals surface area contributed by atoms with Crippen molar-refractivity contribution in [3.63, 3.8) is 0 Å². The van der Waals surface area contributed by atoms with Crippen LogP contribution in [0.1, 0.15) is 79.6 Å². The maximum atomic E-state index is 13.1. The van der Waals surface area contributed by atoms with Crippen molar-refractivity contribution in [3.8, 4) is 0 Å². The summed E-state index contributed by atoms with van der Waals surface area (Å²) in [5.41, 5.74) is 1.83. The third kappa shape index (κ3) is 10.3. The molecule has 5 unspecified atom stereocenters. The summed E-state index contributed by atoms with van der Waals surface area (Å²) < 4.78 is 41.4. The van der Waals surface area contributed by atoms with Gasteiger partial charge in [-0.05, 0) is 58.8 Å². The van der Waals surface area contributed by atoms with Crippen LogP contribution < -0.4 is 21.5 Å². The Morgan fingerprint density at radius 3 is 2.34 bits per heavy atom. The van der Waals surface area contributed by atoms with Crippen molar-refractivity contribution in [2.45, 2.75) is 115 Å². The van der Waals surface area contributed by atoms with Gasteiger partial charge in [-0.2, -0.15) is 0 Å². The van der Waals surface area contributed by atoms with E-state index in [0.29, 0.717) is 26.1 Å². The zero-order valence-electron chi connectivity index (χ0n) is 27.2. The Balaban J connectivity index is 1.40. The number of ether oxygens (including phenoxy) is 5. The summed E-state index contributed by atoms with van der Waals surface area (Å²) >= 11 is 0. The quantitative estimate of drug-likeness (QED) is 0.0771. The summed E-state index contributed by atoms with van der Waals surface area (Å²) in [7, 11) is 1.64. The molecule has 0 bridgehead atoms. The fourth-order valence-corrected chi connectivity index (χ4v) is 6.16. The summed E-state index contributed by atoms with van der Waals surface area (Å²) in [5, 5.41) is 8.21. The lowest BCUT2D eigenvalue weighted by atomic mass is 9.68. The van der Waals surface area contributed by atoms with E-state index in [9.17, 15) is 18.9 Å². The Hall–Kier alpha value is -2.48. The molecule has 2 heterocycles. The number of methoxy groups -OCH3 is 1. The summed E-state index contributed by atoms with van der Waals surface area (Å²) in [5.74, 6) is -0.461. The summed E-state index contributed by atoms with van der Waals surface area (Å²) in [4.78, 5) is 36.5. The lowest BCUT2D eigenvalue weighted by Crippen LogP contribution is -2.56. The lowest BCUT2D eigenvalue weighted by Gasteiger charge is -2.42. The number of hydrogen-bond donors (Lipinski definition) is 4. The van der Waals surface area contributed by atoms with Gasteiger partial charge in [-0.3, -0.25) is 4.79 Å². The van der Waals surface area contributed by atoms with Gasteiger partial charge >= 0.3 is 12.2 Å². The van der Waals surface area contributed by atoms with Gasteiger partial charge in [0.15, 0.2) is 0 Å². The summed E-state index contributed by atoms with van der Waals surface area (Å²) in [6.07, 6.45) is 5.71. The minimum absolute atomic E-state index is 0.00192. The number of amides is 3. The number of hydrogen-bond acceptors (Lipinski definition) is 9. The highest BCUT2D eigenvalue weighted by atomic mass is 19.2. The predicted molar refractivity (Wildman–Crippen MR) is 161 cm³/mol. The average Bonchev–Trinajstić information content (AvgIpc) is 3.88. The maximum absolute atomic E-state index is 13.1. The maximum Gasteiger partial charge on any atom is 0.407 e. The Kier molecular flexibility index (Phi) is 13.7. The van der Waals surface area contributed by atoms with Gasteiger partial charge in [0.25, 0.3) is 0 Å². The van der Waals surface area contributed by atoms with Crippen LogP contribution in [-0.2, 0) is 28.5 Å². The highest BCUT2D eigenvalue weighted by molar-refractivity contribution is 5.77. The molecule has 3 aliphatic rings. The molecule has 44 heavy (non-hydrogen) atoms. The number of carbonyl (C=O) groups is 3. The smallest absolute Gasteiger partial charge is 0.407 e. The van der Waals surface area contributed by atoms with Crippen LogP contribution in [0.3, 0.4) is 0 Å². The van der Waals surface area contributed by atoms with E-state index in [1.54, 1.807) is 7.11 Å². The van der Waals surface area contributed by atoms with Crippen LogP contribution in [0.5, 0.6) is 0 Å². The molecule has 1 saturated carbocycles. The van der Waals surface area contributed by atoms with E-state index in [4.69, 9.17) is 23.7 Å². The van der Waals surface area contributed by atoms with Crippen LogP contribution in [0.2, 0.25) is 0 Å². The predicted octanol–water partition coefficient (Wildman–Crippen LogP) is 3.69. The second-order valence-electron chi connectivity index (χ2n) is 12.9. The van der Waals surface area contributed by atoms with Crippen LogP contribution in [0.15, 0.2) is 11.6 Å². The fraction of sp³-hybridized carbons (Fsp3) is 0.839. The van der Waals surface area contributed by atoms with E-state index in [1.165, 1.54) is 11.1 Å². The first kappa shape index (κ1) is 36.0. The van der Waals surface area contributed by atoms with E-state index in [1.807, 2.05) is 13.8 Å². The third-order valence-electron chi connectivity index (χ3n) is 8.92. The molecule has 3 amide bonds. The number of rotatable bonds is 18. The first-order chi connectivity index (χ1) is 21.0. The van der Waals surface area contributed by atoms with E-state index >= 15 is 0 Å². The molecule has 3 rings (SSSR count). The van der Waals surface area contributed by atoms with Crippen LogP contribution in [-0.4, -0.2) is 93.6 Å². The number of allylic oxidation sites excluding steroid dienone is 1. The molecular formula is C31H53FN4O8. The molecule has 2 aliphatic heterocycles. The van der Waals surface area contributed by atoms with Crippen molar-refractivity contribution in [2.75, 3.05) is 40.0 Å². The number of alkyl carbamates (subject to hydrolysis) is 2. The van der Waals surface area contributed by atoms with Crippen LogP contribution in [0.4, 0.5) is 14.1 Å². The van der Waals surface area contributed by atoms with Crippen LogP contribution >= 0.6 is 0 Å². The van der Waals surface area contributed by atoms with Crippen LogP contribution in [0.25, 0.3) is 0 Å². The van der Waals surface area contributed by atoms with Crippen molar-refractivity contribution in [1.29, 1.82) is 0 Å². The largest absolute Gasteiger partial charge is 0.447 e. The number of nitrogens with one attached hydrogen (secondary N) is 4. The van der Waals surface area contributed by atoms with Crippen molar-refractivity contribution in [2.24, 2.45) is 11.8 Å². The molecule has 0 aromatic rings. The minimum Gasteiger partial charge on any atom is -0.447 e. The topological polar surface area (TPSA) is 152 Å². The van der Waals surface area contributed by atoms with E-state index in [0.717, 1.165) is 38.5 Å². The minimum atomic E-state index is -0.578. The SMILES string of the molecule is COC1C(OC(=O)N[C@@H](COC(=O)NCCCCCCNC(=O)CNF)C(C)C)CCC2(CO2)C1[C@]1(C)OC1CC=C(C)C. The van der Waals surface area contributed by atoms with Gasteiger partial charge in [-0.15, -0.1) is 10.0 Å². The molecule has 252 valence electrons. The molecule has 0 aromatic carbocycles. The van der Waals surface area contributed by atoms with Crippen LogP contribution in [0, 0.1) is 11.8 Å². The van der Waals surface area contributed by atoms with Gasteiger partial charge in [0.2, 0.25) is 5.91 Å². The number of unbranched alkanes of at least 4 members (excludes halogenated alkanes) is 3. The van der Waals surface area contributed by atoms with Gasteiger partial charge in [-0.25, -0.2) is 9.59 Å². The lowest BCUT2D eigenvalue weighted by molar-refractivity contribution is -0.120. The highest BCUT2D eigenvalue weighted by Crippen LogP contribution is 2.59. The first-order valence-corrected chi connectivity index (χ1v) is 15.9. The molecule has 4 N–H and O–H groups in total. The monoisotopic (exact) mass is 628 g/mol. The molecule has 12 nitrogen and oxygen atoms in total. The van der Waals surface area contributed by atoms with E-state index < -0.39 is 29.9 Å². The number of epoxide rings is 2.